The van der Waals surface area contributed by atoms with Crippen molar-refractivity contribution in [3.8, 4) is 11.4 Å². The molecule has 0 saturated heterocycles. The Balaban J connectivity index is 1.24. The number of nitrogens with zero attached hydrogens (tertiary/aromatic N) is 5. The predicted molar refractivity (Wildman–Crippen MR) is 116 cm³/mol. The molecule has 152 valence electrons. The number of pyridine rings is 1. The molecule has 3 heterocycles. The Morgan fingerprint density at radius 3 is 2.77 bits per heavy atom. The van der Waals surface area contributed by atoms with Crippen molar-refractivity contribution in [3.05, 3.63) is 76.9 Å². The van der Waals surface area contributed by atoms with Gasteiger partial charge in [-0.2, -0.15) is 0 Å². The number of imidazole rings is 1. The van der Waals surface area contributed by atoms with Gasteiger partial charge in [0.1, 0.15) is 16.9 Å². The Morgan fingerprint density at radius 2 is 1.97 bits per heavy atom. The molecule has 1 aliphatic rings. The van der Waals surface area contributed by atoms with E-state index in [2.05, 4.69) is 60.7 Å². The van der Waals surface area contributed by atoms with Crippen LogP contribution in [0, 0.1) is 0 Å². The highest BCUT2D eigenvalue weighted by Crippen LogP contribution is 2.39. The zero-order valence-electron chi connectivity index (χ0n) is 17.0. The minimum atomic E-state index is -0.171. The van der Waals surface area contributed by atoms with Crippen LogP contribution in [0.2, 0.25) is 0 Å². The third-order valence-electron chi connectivity index (χ3n) is 5.65. The molecular weight excluding hydrogens is 376 g/mol. The molecule has 1 aliphatic carbocycles. The number of hydrogen-bond acceptors (Lipinski definition) is 5. The highest BCUT2D eigenvalue weighted by molar-refractivity contribution is 5.89. The van der Waals surface area contributed by atoms with Gasteiger partial charge in [0.2, 0.25) is 0 Å². The van der Waals surface area contributed by atoms with Crippen LogP contribution >= 0.6 is 0 Å². The van der Waals surface area contributed by atoms with Crippen molar-refractivity contribution in [1.29, 1.82) is 0 Å². The summed E-state index contributed by atoms with van der Waals surface area (Å²) in [4.78, 5) is 30.1. The van der Waals surface area contributed by atoms with Crippen molar-refractivity contribution in [1.82, 2.24) is 29.4 Å². The van der Waals surface area contributed by atoms with Crippen molar-refractivity contribution in [2.24, 2.45) is 0 Å². The molecule has 0 bridgehead atoms. The lowest BCUT2D eigenvalue weighted by Gasteiger charge is -2.17. The van der Waals surface area contributed by atoms with Crippen LogP contribution in [-0.2, 0) is 13.1 Å². The third-order valence-corrected chi connectivity index (χ3v) is 5.65. The van der Waals surface area contributed by atoms with Crippen LogP contribution < -0.4 is 5.56 Å². The van der Waals surface area contributed by atoms with E-state index >= 15 is 0 Å². The number of aromatic nitrogens is 5. The Morgan fingerprint density at radius 1 is 1.13 bits per heavy atom. The molecule has 0 aliphatic heterocycles. The molecule has 7 nitrogen and oxygen atoms in total. The van der Waals surface area contributed by atoms with Crippen molar-refractivity contribution in [2.75, 3.05) is 13.6 Å². The highest BCUT2D eigenvalue weighted by atomic mass is 16.1. The number of H-pyrrole nitrogens is 1. The average molecular weight is 400 g/mol. The highest BCUT2D eigenvalue weighted by Gasteiger charge is 2.22. The van der Waals surface area contributed by atoms with Crippen LogP contribution in [0.15, 0.2) is 60.2 Å². The first-order chi connectivity index (χ1) is 14.7. The maximum Gasteiger partial charge on any atom is 0.258 e. The van der Waals surface area contributed by atoms with Gasteiger partial charge in [0.25, 0.3) is 5.56 Å². The molecule has 7 heteroatoms. The zero-order chi connectivity index (χ0) is 20.5. The van der Waals surface area contributed by atoms with Gasteiger partial charge in [0.05, 0.1) is 18.0 Å². The normalized spacial score (nSPS) is 13.9. The first-order valence-corrected chi connectivity index (χ1v) is 10.3. The second-order valence-corrected chi connectivity index (χ2v) is 8.04. The zero-order valence-corrected chi connectivity index (χ0v) is 17.0. The van der Waals surface area contributed by atoms with Crippen molar-refractivity contribution < 1.29 is 0 Å². The fourth-order valence-electron chi connectivity index (χ4n) is 3.78. The van der Waals surface area contributed by atoms with Crippen LogP contribution in [0.5, 0.6) is 0 Å². The van der Waals surface area contributed by atoms with Gasteiger partial charge in [0.15, 0.2) is 0 Å². The van der Waals surface area contributed by atoms with Gasteiger partial charge < -0.3 is 14.5 Å². The van der Waals surface area contributed by atoms with Gasteiger partial charge in [0, 0.05) is 32.0 Å². The summed E-state index contributed by atoms with van der Waals surface area (Å²) in [6.45, 7) is 2.65. The van der Waals surface area contributed by atoms with Crippen LogP contribution in [0.1, 0.15) is 29.9 Å². The van der Waals surface area contributed by atoms with Gasteiger partial charge in [-0.15, -0.1) is 0 Å². The SMILES string of the molecule is CN(CCn1cnc(-c2nccc3c(=O)[nH]cnc23)c1)Cc1ccc(C2CC2)cc1. The summed E-state index contributed by atoms with van der Waals surface area (Å²) in [5, 5.41) is 0.518. The number of fused-ring (bicyclic) bond motifs is 1. The van der Waals surface area contributed by atoms with E-state index < -0.39 is 0 Å². The molecule has 0 spiro atoms. The van der Waals surface area contributed by atoms with E-state index in [4.69, 9.17) is 0 Å². The van der Waals surface area contributed by atoms with Gasteiger partial charge in [-0.3, -0.25) is 9.78 Å². The monoisotopic (exact) mass is 400 g/mol. The second kappa shape index (κ2) is 7.84. The molecule has 0 amide bonds. The summed E-state index contributed by atoms with van der Waals surface area (Å²) in [5.41, 5.74) is 4.56. The quantitative estimate of drug-likeness (QED) is 0.515. The Bertz CT molecular complexity index is 1220. The van der Waals surface area contributed by atoms with Crippen molar-refractivity contribution >= 4 is 10.9 Å². The molecule has 1 fully saturated rings. The van der Waals surface area contributed by atoms with E-state index in [0.717, 1.165) is 31.2 Å². The van der Waals surface area contributed by atoms with E-state index in [9.17, 15) is 4.79 Å². The van der Waals surface area contributed by atoms with Crippen molar-refractivity contribution in [3.63, 3.8) is 0 Å². The predicted octanol–water partition coefficient (Wildman–Crippen LogP) is 3.19. The minimum absolute atomic E-state index is 0.171. The number of likely N-dealkylation sites (N-methyl/N-ethyl adjacent to an activating group) is 1. The van der Waals surface area contributed by atoms with Gasteiger partial charge in [-0.1, -0.05) is 24.3 Å². The fraction of sp³-hybridized carbons (Fsp3) is 0.304. The number of benzene rings is 1. The van der Waals surface area contributed by atoms with Crippen LogP contribution in [0.3, 0.4) is 0 Å². The van der Waals surface area contributed by atoms with E-state index in [-0.39, 0.29) is 5.56 Å². The second-order valence-electron chi connectivity index (χ2n) is 8.04. The lowest BCUT2D eigenvalue weighted by Crippen LogP contribution is -2.22. The van der Waals surface area contributed by atoms with Crippen molar-refractivity contribution in [2.45, 2.75) is 31.8 Å². The summed E-state index contributed by atoms with van der Waals surface area (Å²) >= 11 is 0. The topological polar surface area (TPSA) is 79.7 Å². The van der Waals surface area contributed by atoms with Gasteiger partial charge in [-0.25, -0.2) is 9.97 Å². The number of hydrogen-bond donors (Lipinski definition) is 1. The largest absolute Gasteiger partial charge is 0.335 e. The Hall–Kier alpha value is -3.32. The van der Waals surface area contributed by atoms with Crippen LogP contribution in [0.4, 0.5) is 0 Å². The van der Waals surface area contributed by atoms with Crippen LogP contribution in [0.25, 0.3) is 22.3 Å². The average Bonchev–Trinajstić information content (AvgIpc) is 3.50. The molecule has 1 saturated carbocycles. The summed E-state index contributed by atoms with van der Waals surface area (Å²) < 4.78 is 2.05. The lowest BCUT2D eigenvalue weighted by molar-refractivity contribution is 0.311. The fourth-order valence-corrected chi connectivity index (χ4v) is 3.78. The molecule has 1 aromatic carbocycles. The van der Waals surface area contributed by atoms with Gasteiger partial charge >= 0.3 is 0 Å². The maximum absolute atomic E-state index is 12.0. The maximum atomic E-state index is 12.0. The molecule has 1 N–H and O–H groups in total. The molecule has 0 radical (unpaired) electrons. The number of nitrogens with one attached hydrogen (secondary N) is 1. The number of aromatic amines is 1. The first kappa shape index (κ1) is 18.7. The first-order valence-electron chi connectivity index (χ1n) is 10.3. The number of rotatable bonds is 7. The van der Waals surface area contributed by atoms with E-state index in [0.29, 0.717) is 16.6 Å². The Labute approximate surface area is 174 Å². The minimum Gasteiger partial charge on any atom is -0.335 e. The Kier molecular flexibility index (Phi) is 4.88. The molecule has 4 aromatic rings. The van der Waals surface area contributed by atoms with E-state index in [1.54, 1.807) is 18.6 Å². The summed E-state index contributed by atoms with van der Waals surface area (Å²) in [6, 6.07) is 10.7. The molecule has 0 atom stereocenters. The smallest absolute Gasteiger partial charge is 0.258 e. The summed E-state index contributed by atoms with van der Waals surface area (Å²) in [5.74, 6) is 0.803. The summed E-state index contributed by atoms with van der Waals surface area (Å²) in [6.07, 6.45) is 9.47. The molecule has 30 heavy (non-hydrogen) atoms. The molecule has 0 unspecified atom stereocenters. The van der Waals surface area contributed by atoms with E-state index in [1.165, 1.54) is 30.3 Å². The standard InChI is InChI=1S/C23H24N6O/c1-28(12-16-2-4-17(5-3-16)18-6-7-18)10-11-29-13-20(27-15-29)22-21-19(8-9-24-22)23(30)26-14-25-21/h2-5,8-9,13-15,18H,6-7,10-12H2,1H3,(H,25,26,30). The van der Waals surface area contributed by atoms with Crippen LogP contribution in [-0.4, -0.2) is 43.0 Å². The lowest BCUT2D eigenvalue weighted by atomic mass is 10.1. The molecule has 5 rings (SSSR count). The third kappa shape index (κ3) is 3.89. The van der Waals surface area contributed by atoms with E-state index in [1.807, 2.05) is 6.20 Å². The van der Waals surface area contributed by atoms with Gasteiger partial charge in [-0.05, 0) is 43.0 Å². The summed E-state index contributed by atoms with van der Waals surface area (Å²) in [7, 11) is 2.13. The molecular formula is C23H24N6O. The molecule has 3 aromatic heterocycles.